The molecule has 1 aromatic heterocycles. The van der Waals surface area contributed by atoms with E-state index in [2.05, 4.69) is 15.9 Å². The molecule has 0 atom stereocenters. The van der Waals surface area contributed by atoms with Crippen molar-refractivity contribution < 1.29 is 9.59 Å². The summed E-state index contributed by atoms with van der Waals surface area (Å²) < 4.78 is 2.49. The fourth-order valence-corrected chi connectivity index (χ4v) is 3.12. The van der Waals surface area contributed by atoms with Crippen LogP contribution in [0.15, 0.2) is 34.6 Å². The van der Waals surface area contributed by atoms with E-state index in [-0.39, 0.29) is 17.8 Å². The zero-order valence-corrected chi connectivity index (χ0v) is 15.2. The summed E-state index contributed by atoms with van der Waals surface area (Å²) in [6.45, 7) is 1.81. The van der Waals surface area contributed by atoms with Gasteiger partial charge in [0.15, 0.2) is 0 Å². The molecule has 0 spiro atoms. The van der Waals surface area contributed by atoms with Gasteiger partial charge in [-0.15, -0.1) is 0 Å². The summed E-state index contributed by atoms with van der Waals surface area (Å²) in [4.78, 5) is 27.4. The summed E-state index contributed by atoms with van der Waals surface area (Å²) in [6.07, 6.45) is 3.87. The lowest BCUT2D eigenvalue weighted by Gasteiger charge is -2.10. The highest BCUT2D eigenvalue weighted by Gasteiger charge is 2.33. The molecule has 0 aliphatic carbocycles. The number of guanidine groups is 1. The first-order chi connectivity index (χ1) is 11.3. The van der Waals surface area contributed by atoms with Crippen LogP contribution >= 0.6 is 15.9 Å². The van der Waals surface area contributed by atoms with Gasteiger partial charge in [-0.3, -0.25) is 24.5 Å². The van der Waals surface area contributed by atoms with Gasteiger partial charge in [0.25, 0.3) is 5.91 Å². The number of carbonyl (C=O) groups excluding carboxylic acids is 2. The number of nitrogens with one attached hydrogen (secondary N) is 1. The fourth-order valence-electron chi connectivity index (χ4n) is 2.77. The number of benzene rings is 1. The van der Waals surface area contributed by atoms with Gasteiger partial charge in [0.1, 0.15) is 5.70 Å². The Morgan fingerprint density at radius 2 is 2.00 bits per heavy atom. The summed E-state index contributed by atoms with van der Waals surface area (Å²) in [5.74, 6) is -0.122. The molecule has 0 saturated carbocycles. The van der Waals surface area contributed by atoms with E-state index < -0.39 is 0 Å². The predicted octanol–water partition coefficient (Wildman–Crippen LogP) is 3.13. The molecule has 0 bridgehead atoms. The van der Waals surface area contributed by atoms with Crippen molar-refractivity contribution in [2.45, 2.75) is 13.3 Å². The molecule has 6 nitrogen and oxygen atoms in total. The summed E-state index contributed by atoms with van der Waals surface area (Å²) in [5, 5.41) is 8.79. The molecule has 1 aliphatic heterocycles. The lowest BCUT2D eigenvalue weighted by atomic mass is 10.1. The normalized spacial score (nSPS) is 16.8. The van der Waals surface area contributed by atoms with E-state index >= 15 is 0 Å². The number of amides is 1. The Bertz CT molecular complexity index is 913. The first-order valence-electron chi connectivity index (χ1n) is 7.51. The van der Waals surface area contributed by atoms with E-state index in [1.807, 2.05) is 25.1 Å². The van der Waals surface area contributed by atoms with Crippen LogP contribution in [0.3, 0.4) is 0 Å². The fraction of sp³-hybridized carbons (Fsp3) is 0.235. The zero-order chi connectivity index (χ0) is 17.6. The monoisotopic (exact) mass is 388 g/mol. The molecule has 24 heavy (non-hydrogen) atoms. The van der Waals surface area contributed by atoms with Crippen molar-refractivity contribution in [2.24, 2.45) is 0 Å². The van der Waals surface area contributed by atoms with Crippen molar-refractivity contribution in [1.29, 1.82) is 5.41 Å². The first-order valence-corrected chi connectivity index (χ1v) is 8.30. The largest absolute Gasteiger partial charge is 0.311 e. The highest BCUT2D eigenvalue weighted by molar-refractivity contribution is 9.10. The maximum atomic E-state index is 12.3. The second kappa shape index (κ2) is 5.90. The van der Waals surface area contributed by atoms with Crippen LogP contribution in [0.2, 0.25) is 0 Å². The standard InChI is InChI=1S/C17H17BrN4O2/c1-4-15(23)22-9-10(12-6-5-11(18)8-13(12)22)7-14-16(24)21(3)17(19)20(14)2/h5-9,19H,4H2,1-3H3. The van der Waals surface area contributed by atoms with Gasteiger partial charge in [-0.05, 0) is 18.2 Å². The number of fused-ring (bicyclic) bond motifs is 1. The van der Waals surface area contributed by atoms with Crippen LogP contribution in [0.5, 0.6) is 0 Å². The number of hydrogen-bond donors (Lipinski definition) is 1. The third-order valence-electron chi connectivity index (χ3n) is 4.18. The molecule has 1 aliphatic rings. The van der Waals surface area contributed by atoms with Crippen molar-refractivity contribution in [3.8, 4) is 0 Å². The van der Waals surface area contributed by atoms with Gasteiger partial charge in [0.2, 0.25) is 11.9 Å². The summed E-state index contributed by atoms with van der Waals surface area (Å²) in [6, 6.07) is 5.71. The molecule has 2 aromatic rings. The Morgan fingerprint density at radius 1 is 1.29 bits per heavy atom. The van der Waals surface area contributed by atoms with Crippen molar-refractivity contribution in [2.75, 3.05) is 14.1 Å². The minimum Gasteiger partial charge on any atom is -0.311 e. The van der Waals surface area contributed by atoms with E-state index in [0.29, 0.717) is 12.1 Å². The molecule has 1 saturated heterocycles. The molecule has 0 radical (unpaired) electrons. The molecule has 1 fully saturated rings. The number of hydrogen-bond acceptors (Lipinski definition) is 3. The van der Waals surface area contributed by atoms with Crippen LogP contribution in [-0.4, -0.2) is 46.2 Å². The Balaban J connectivity index is 2.21. The summed E-state index contributed by atoms with van der Waals surface area (Å²) in [5.41, 5.74) is 1.98. The second-order valence-corrected chi connectivity index (χ2v) is 6.56. The molecule has 3 rings (SSSR count). The van der Waals surface area contributed by atoms with Crippen molar-refractivity contribution in [3.05, 3.63) is 40.1 Å². The van der Waals surface area contributed by atoms with Crippen LogP contribution in [0.25, 0.3) is 17.0 Å². The SMILES string of the molecule is CCC(=O)n1cc(C=C2C(=O)N(C)C(=N)N2C)c2ccc(Br)cc21. The average Bonchev–Trinajstić information content (AvgIpc) is 3.01. The maximum Gasteiger partial charge on any atom is 0.277 e. The van der Waals surface area contributed by atoms with Crippen LogP contribution in [0, 0.1) is 5.41 Å². The van der Waals surface area contributed by atoms with E-state index in [9.17, 15) is 9.59 Å². The highest BCUT2D eigenvalue weighted by atomic mass is 79.9. The number of likely N-dealkylation sites (N-methyl/N-ethyl adjacent to an activating group) is 2. The number of aromatic nitrogens is 1. The van der Waals surface area contributed by atoms with E-state index in [0.717, 1.165) is 20.9 Å². The topological polar surface area (TPSA) is 69.4 Å². The van der Waals surface area contributed by atoms with Crippen LogP contribution in [0.4, 0.5) is 0 Å². The van der Waals surface area contributed by atoms with E-state index in [1.54, 1.807) is 30.9 Å². The third kappa shape index (κ3) is 2.45. The smallest absolute Gasteiger partial charge is 0.277 e. The summed E-state index contributed by atoms with van der Waals surface area (Å²) in [7, 11) is 3.26. The zero-order valence-electron chi connectivity index (χ0n) is 13.6. The Hall–Kier alpha value is -2.41. The van der Waals surface area contributed by atoms with Crippen molar-refractivity contribution >= 4 is 50.7 Å². The number of rotatable bonds is 2. The van der Waals surface area contributed by atoms with Gasteiger partial charge < -0.3 is 4.90 Å². The van der Waals surface area contributed by atoms with Crippen LogP contribution in [-0.2, 0) is 4.79 Å². The van der Waals surface area contributed by atoms with Gasteiger partial charge in [-0.1, -0.05) is 28.9 Å². The number of carbonyl (C=O) groups is 2. The molecule has 2 heterocycles. The van der Waals surface area contributed by atoms with Gasteiger partial charge >= 0.3 is 0 Å². The first kappa shape index (κ1) is 16.4. The quantitative estimate of drug-likeness (QED) is 0.803. The average molecular weight is 389 g/mol. The lowest BCUT2D eigenvalue weighted by molar-refractivity contribution is -0.121. The van der Waals surface area contributed by atoms with E-state index in [4.69, 9.17) is 5.41 Å². The number of nitrogens with zero attached hydrogens (tertiary/aromatic N) is 3. The molecule has 7 heteroatoms. The van der Waals surface area contributed by atoms with Crippen molar-refractivity contribution in [3.63, 3.8) is 0 Å². The number of halogens is 1. The second-order valence-electron chi connectivity index (χ2n) is 5.64. The van der Waals surface area contributed by atoms with Gasteiger partial charge in [-0.2, -0.15) is 0 Å². The minimum atomic E-state index is -0.234. The Labute approximate surface area is 148 Å². The van der Waals surface area contributed by atoms with Gasteiger partial charge in [-0.25, -0.2) is 0 Å². The van der Waals surface area contributed by atoms with Crippen LogP contribution < -0.4 is 0 Å². The molecule has 124 valence electrons. The predicted molar refractivity (Wildman–Crippen MR) is 96.8 cm³/mol. The molecule has 1 amide bonds. The van der Waals surface area contributed by atoms with Gasteiger partial charge in [0.05, 0.1) is 5.52 Å². The third-order valence-corrected chi connectivity index (χ3v) is 4.68. The molecule has 1 aromatic carbocycles. The Kier molecular flexibility index (Phi) is 4.04. The lowest BCUT2D eigenvalue weighted by Crippen LogP contribution is -2.27. The van der Waals surface area contributed by atoms with E-state index in [1.165, 1.54) is 9.80 Å². The van der Waals surface area contributed by atoms with Crippen LogP contribution in [0.1, 0.15) is 23.7 Å². The van der Waals surface area contributed by atoms with Gasteiger partial charge in [0, 0.05) is 42.1 Å². The highest BCUT2D eigenvalue weighted by Crippen LogP contribution is 2.29. The molecule has 0 unspecified atom stereocenters. The Morgan fingerprint density at radius 3 is 2.58 bits per heavy atom. The molecular formula is C17H17BrN4O2. The minimum absolute atomic E-state index is 0.0151. The maximum absolute atomic E-state index is 12.3. The molecular weight excluding hydrogens is 372 g/mol. The molecule has 1 N–H and O–H groups in total. The van der Waals surface area contributed by atoms with Crippen molar-refractivity contribution in [1.82, 2.24) is 14.4 Å². The summed E-state index contributed by atoms with van der Waals surface area (Å²) >= 11 is 3.43.